The summed E-state index contributed by atoms with van der Waals surface area (Å²) in [6.45, 7) is 3.27. The Morgan fingerprint density at radius 1 is 1.00 bits per heavy atom. The van der Waals surface area contributed by atoms with Crippen LogP contribution in [0.5, 0.6) is 0 Å². The number of rotatable bonds is 11. The molecular weight excluding hydrogens is 409 g/mol. The van der Waals surface area contributed by atoms with Gasteiger partial charge in [0.15, 0.2) is 0 Å². The first kappa shape index (κ1) is 23.3. The minimum atomic E-state index is -0.339. The smallest absolute Gasteiger partial charge is 0.242 e. The highest BCUT2D eigenvalue weighted by atomic mass is 19.1. The fourth-order valence-corrected chi connectivity index (χ4v) is 3.47. The predicted molar refractivity (Wildman–Crippen MR) is 120 cm³/mol. The van der Waals surface area contributed by atoms with Gasteiger partial charge in [0.2, 0.25) is 11.8 Å². The number of hydrogen-bond donors (Lipinski definition) is 0. The first-order valence-corrected chi connectivity index (χ1v) is 10.9. The van der Waals surface area contributed by atoms with Gasteiger partial charge >= 0.3 is 0 Å². The van der Waals surface area contributed by atoms with E-state index in [9.17, 15) is 14.0 Å². The average Bonchev–Trinajstić information content (AvgIpc) is 3.44. The molecule has 3 aromatic rings. The molecule has 170 valence electrons. The van der Waals surface area contributed by atoms with Crippen LogP contribution in [0.15, 0.2) is 65.4 Å². The van der Waals surface area contributed by atoms with Gasteiger partial charge < -0.3 is 18.8 Å². The Labute approximate surface area is 188 Å². The van der Waals surface area contributed by atoms with Crippen LogP contribution in [-0.2, 0) is 36.1 Å². The Kier molecular flexibility index (Phi) is 8.25. The quantitative estimate of drug-likeness (QED) is 0.451. The molecule has 6 nitrogen and oxygen atoms in total. The van der Waals surface area contributed by atoms with Crippen LogP contribution in [0.3, 0.4) is 0 Å². The normalized spacial score (nSPS) is 10.8. The molecule has 0 saturated heterocycles. The number of furan rings is 1. The maximum Gasteiger partial charge on any atom is 0.242 e. The van der Waals surface area contributed by atoms with Gasteiger partial charge in [-0.15, -0.1) is 0 Å². The molecule has 0 bridgehead atoms. The second kappa shape index (κ2) is 11.3. The standard InChI is InChI=1S/C25H30FN3O3/c1-3-4-14-28(24(30)16-20-9-11-21(26)12-10-20)19-25(31)29(18-23-8-6-15-32-23)17-22-7-5-13-27(22)2/h5-13,15H,3-4,14,16-19H2,1-2H3. The van der Waals surface area contributed by atoms with E-state index >= 15 is 0 Å². The maximum atomic E-state index is 13.3. The zero-order valence-corrected chi connectivity index (χ0v) is 18.7. The van der Waals surface area contributed by atoms with E-state index in [1.807, 2.05) is 42.9 Å². The van der Waals surface area contributed by atoms with E-state index in [1.165, 1.54) is 12.1 Å². The van der Waals surface area contributed by atoms with Crippen molar-refractivity contribution in [3.8, 4) is 0 Å². The Hall–Kier alpha value is -3.35. The van der Waals surface area contributed by atoms with Gasteiger partial charge in [0.25, 0.3) is 0 Å². The Bertz CT molecular complexity index is 996. The largest absolute Gasteiger partial charge is 0.467 e. The van der Waals surface area contributed by atoms with Crippen molar-refractivity contribution in [2.24, 2.45) is 7.05 Å². The highest BCUT2D eigenvalue weighted by Crippen LogP contribution is 2.13. The van der Waals surface area contributed by atoms with Gasteiger partial charge in [-0.05, 0) is 48.4 Å². The lowest BCUT2D eigenvalue weighted by Gasteiger charge is -2.27. The number of aromatic nitrogens is 1. The first-order valence-electron chi connectivity index (χ1n) is 10.9. The molecule has 0 aliphatic carbocycles. The topological polar surface area (TPSA) is 58.7 Å². The summed E-state index contributed by atoms with van der Waals surface area (Å²) in [6.07, 6.45) is 5.37. The number of halogens is 1. The fourth-order valence-electron chi connectivity index (χ4n) is 3.47. The fraction of sp³-hybridized carbons (Fsp3) is 0.360. The van der Waals surface area contributed by atoms with Crippen molar-refractivity contribution in [3.63, 3.8) is 0 Å². The molecule has 32 heavy (non-hydrogen) atoms. The molecule has 2 amide bonds. The minimum absolute atomic E-state index is 0.00877. The van der Waals surface area contributed by atoms with E-state index in [-0.39, 0.29) is 30.6 Å². The van der Waals surface area contributed by atoms with E-state index in [1.54, 1.807) is 34.3 Å². The molecule has 7 heteroatoms. The Morgan fingerprint density at radius 2 is 1.78 bits per heavy atom. The van der Waals surface area contributed by atoms with Crippen molar-refractivity contribution in [3.05, 3.63) is 83.8 Å². The lowest BCUT2D eigenvalue weighted by Crippen LogP contribution is -2.43. The summed E-state index contributed by atoms with van der Waals surface area (Å²) < 4.78 is 20.6. The summed E-state index contributed by atoms with van der Waals surface area (Å²) in [7, 11) is 1.94. The highest BCUT2D eigenvalue weighted by Gasteiger charge is 2.23. The second-order valence-electron chi connectivity index (χ2n) is 7.91. The third kappa shape index (κ3) is 6.57. The van der Waals surface area contributed by atoms with Crippen LogP contribution in [0.1, 0.15) is 36.8 Å². The van der Waals surface area contributed by atoms with Gasteiger partial charge in [0.1, 0.15) is 11.6 Å². The van der Waals surface area contributed by atoms with Gasteiger partial charge in [0.05, 0.1) is 32.3 Å². The van der Waals surface area contributed by atoms with Crippen molar-refractivity contribution in [1.82, 2.24) is 14.4 Å². The van der Waals surface area contributed by atoms with Crippen LogP contribution < -0.4 is 0 Å². The minimum Gasteiger partial charge on any atom is -0.467 e. The molecule has 0 radical (unpaired) electrons. The van der Waals surface area contributed by atoms with Crippen LogP contribution >= 0.6 is 0 Å². The number of nitrogens with zero attached hydrogens (tertiary/aromatic N) is 3. The summed E-state index contributed by atoms with van der Waals surface area (Å²) >= 11 is 0. The zero-order valence-electron chi connectivity index (χ0n) is 18.7. The number of hydrogen-bond acceptors (Lipinski definition) is 3. The average molecular weight is 440 g/mol. The van der Waals surface area contributed by atoms with E-state index in [2.05, 4.69) is 0 Å². The monoisotopic (exact) mass is 439 g/mol. The molecule has 0 aliphatic heterocycles. The number of carbonyl (C=O) groups is 2. The Morgan fingerprint density at radius 3 is 2.41 bits per heavy atom. The third-order valence-corrected chi connectivity index (χ3v) is 5.41. The maximum absolute atomic E-state index is 13.3. The van der Waals surface area contributed by atoms with Crippen molar-refractivity contribution in [2.45, 2.75) is 39.3 Å². The molecule has 2 heterocycles. The molecule has 2 aromatic heterocycles. The number of benzene rings is 1. The van der Waals surface area contributed by atoms with Gasteiger partial charge in [-0.1, -0.05) is 25.5 Å². The molecule has 0 saturated carbocycles. The zero-order chi connectivity index (χ0) is 22.9. The van der Waals surface area contributed by atoms with Crippen LogP contribution in [0.25, 0.3) is 0 Å². The van der Waals surface area contributed by atoms with Crippen molar-refractivity contribution < 1.29 is 18.4 Å². The number of unbranched alkanes of at least 4 members (excludes halogenated alkanes) is 1. The van der Waals surface area contributed by atoms with Crippen molar-refractivity contribution in [1.29, 1.82) is 0 Å². The van der Waals surface area contributed by atoms with Gasteiger partial charge in [-0.25, -0.2) is 4.39 Å². The lowest BCUT2D eigenvalue weighted by molar-refractivity contribution is -0.141. The summed E-state index contributed by atoms with van der Waals surface area (Å²) in [6, 6.07) is 13.4. The van der Waals surface area contributed by atoms with E-state index in [4.69, 9.17) is 4.42 Å². The van der Waals surface area contributed by atoms with Crippen LogP contribution in [0.4, 0.5) is 4.39 Å². The van der Waals surface area contributed by atoms with E-state index in [0.29, 0.717) is 25.4 Å². The molecule has 0 spiro atoms. The molecule has 0 unspecified atom stereocenters. The summed E-state index contributed by atoms with van der Waals surface area (Å²) in [5.41, 5.74) is 1.71. The molecule has 0 N–H and O–H groups in total. The van der Waals surface area contributed by atoms with E-state index < -0.39 is 0 Å². The first-order chi connectivity index (χ1) is 15.5. The van der Waals surface area contributed by atoms with Crippen LogP contribution in [0, 0.1) is 5.82 Å². The van der Waals surface area contributed by atoms with Crippen molar-refractivity contribution in [2.75, 3.05) is 13.1 Å². The highest BCUT2D eigenvalue weighted by molar-refractivity contribution is 5.85. The van der Waals surface area contributed by atoms with Crippen LogP contribution in [-0.4, -0.2) is 39.3 Å². The molecule has 0 fully saturated rings. The molecule has 0 aliphatic rings. The third-order valence-electron chi connectivity index (χ3n) is 5.41. The number of aryl methyl sites for hydroxylation is 1. The molecule has 1 aromatic carbocycles. The predicted octanol–water partition coefficient (Wildman–Crippen LogP) is 4.16. The van der Waals surface area contributed by atoms with Gasteiger partial charge in [-0.2, -0.15) is 0 Å². The van der Waals surface area contributed by atoms with Gasteiger partial charge in [0, 0.05) is 25.5 Å². The lowest BCUT2D eigenvalue weighted by atomic mass is 10.1. The molecular formula is C25H30FN3O3. The summed E-state index contributed by atoms with van der Waals surface area (Å²) in [5, 5.41) is 0. The van der Waals surface area contributed by atoms with Gasteiger partial charge in [-0.3, -0.25) is 9.59 Å². The number of carbonyl (C=O) groups excluding carboxylic acids is 2. The second-order valence-corrected chi connectivity index (χ2v) is 7.91. The molecule has 0 atom stereocenters. The van der Waals surface area contributed by atoms with E-state index in [0.717, 1.165) is 24.1 Å². The summed E-state index contributed by atoms with van der Waals surface area (Å²) in [5.74, 6) is 0.0557. The molecule has 3 rings (SSSR count). The number of amides is 2. The van der Waals surface area contributed by atoms with Crippen molar-refractivity contribution >= 4 is 11.8 Å². The SMILES string of the molecule is CCCCN(CC(=O)N(Cc1ccco1)Cc1cccn1C)C(=O)Cc1ccc(F)cc1. The summed E-state index contributed by atoms with van der Waals surface area (Å²) in [4.78, 5) is 29.6. The van der Waals surface area contributed by atoms with Crippen LogP contribution in [0.2, 0.25) is 0 Å². The Balaban J connectivity index is 1.73.